The fourth-order valence-electron chi connectivity index (χ4n) is 2.21. The second-order valence-electron chi connectivity index (χ2n) is 5.38. The Morgan fingerprint density at radius 3 is 2.74 bits per heavy atom. The number of amides is 1. The van der Waals surface area contributed by atoms with Gasteiger partial charge in [-0.05, 0) is 49.2 Å². The van der Waals surface area contributed by atoms with E-state index in [9.17, 15) is 9.18 Å². The van der Waals surface area contributed by atoms with Crippen LogP contribution in [0.4, 0.5) is 10.1 Å². The van der Waals surface area contributed by atoms with Crippen LogP contribution in [0.3, 0.4) is 0 Å². The number of nitrogens with one attached hydrogen (secondary N) is 2. The average Bonchev–Trinajstić information content (AvgIpc) is 2.90. The van der Waals surface area contributed by atoms with E-state index in [1.165, 1.54) is 17.8 Å². The van der Waals surface area contributed by atoms with Gasteiger partial charge in [-0.15, -0.1) is 0 Å². The fourth-order valence-corrected chi connectivity index (χ4v) is 2.90. The molecule has 0 aliphatic rings. The number of hydrogen-bond acceptors (Lipinski definition) is 3. The van der Waals surface area contributed by atoms with Crippen LogP contribution in [0.1, 0.15) is 11.1 Å². The number of imidazole rings is 1. The molecule has 1 aromatic heterocycles. The van der Waals surface area contributed by atoms with Gasteiger partial charge in [-0.2, -0.15) is 0 Å². The third kappa shape index (κ3) is 3.71. The van der Waals surface area contributed by atoms with E-state index >= 15 is 0 Å². The molecule has 0 fully saturated rings. The van der Waals surface area contributed by atoms with E-state index in [1.54, 1.807) is 19.1 Å². The summed E-state index contributed by atoms with van der Waals surface area (Å²) in [6.07, 6.45) is 0. The summed E-state index contributed by atoms with van der Waals surface area (Å²) in [4.78, 5) is 19.5. The summed E-state index contributed by atoms with van der Waals surface area (Å²) >= 11 is 1.29. The van der Waals surface area contributed by atoms with Crippen molar-refractivity contribution in [3.8, 4) is 0 Å². The number of rotatable bonds is 4. The number of aromatic amines is 1. The second kappa shape index (κ2) is 6.42. The Balaban J connectivity index is 1.63. The number of carbonyl (C=O) groups excluding carboxylic acids is 1. The van der Waals surface area contributed by atoms with Crippen molar-refractivity contribution in [2.45, 2.75) is 19.0 Å². The zero-order chi connectivity index (χ0) is 16.4. The first-order chi connectivity index (χ1) is 11.0. The molecule has 0 saturated carbocycles. The van der Waals surface area contributed by atoms with Crippen LogP contribution in [0.5, 0.6) is 0 Å². The second-order valence-corrected chi connectivity index (χ2v) is 6.35. The van der Waals surface area contributed by atoms with Gasteiger partial charge in [-0.3, -0.25) is 4.79 Å². The number of anilines is 1. The number of aryl methyl sites for hydroxylation is 2. The van der Waals surface area contributed by atoms with Crippen molar-refractivity contribution in [3.63, 3.8) is 0 Å². The Morgan fingerprint density at radius 1 is 1.22 bits per heavy atom. The van der Waals surface area contributed by atoms with Crippen LogP contribution in [0.15, 0.2) is 41.6 Å². The highest BCUT2D eigenvalue weighted by atomic mass is 32.2. The predicted molar refractivity (Wildman–Crippen MR) is 91.3 cm³/mol. The van der Waals surface area contributed by atoms with Gasteiger partial charge in [0.15, 0.2) is 5.16 Å². The monoisotopic (exact) mass is 329 g/mol. The van der Waals surface area contributed by atoms with E-state index < -0.39 is 5.82 Å². The van der Waals surface area contributed by atoms with E-state index in [0.29, 0.717) is 5.16 Å². The molecule has 0 aliphatic carbocycles. The highest BCUT2D eigenvalue weighted by molar-refractivity contribution is 7.99. The number of halogens is 1. The summed E-state index contributed by atoms with van der Waals surface area (Å²) < 4.78 is 13.7. The number of carbonyl (C=O) groups is 1. The molecule has 2 N–H and O–H groups in total. The maximum Gasteiger partial charge on any atom is 0.234 e. The quantitative estimate of drug-likeness (QED) is 0.710. The van der Waals surface area contributed by atoms with Gasteiger partial charge in [0.2, 0.25) is 5.91 Å². The Hall–Kier alpha value is -2.34. The summed E-state index contributed by atoms with van der Waals surface area (Å²) in [5.74, 6) is -0.538. The molecule has 0 unspecified atom stereocenters. The van der Waals surface area contributed by atoms with Crippen molar-refractivity contribution in [1.82, 2.24) is 9.97 Å². The van der Waals surface area contributed by atoms with Gasteiger partial charge < -0.3 is 10.3 Å². The Morgan fingerprint density at radius 2 is 1.96 bits per heavy atom. The Labute approximate surface area is 137 Å². The van der Waals surface area contributed by atoms with Crippen LogP contribution in [0.25, 0.3) is 11.0 Å². The molecule has 3 aromatic rings. The Bertz CT molecular complexity index is 875. The molecule has 3 rings (SSSR count). The van der Waals surface area contributed by atoms with Crippen molar-refractivity contribution in [2.75, 3.05) is 11.1 Å². The van der Waals surface area contributed by atoms with Gasteiger partial charge in [0.25, 0.3) is 0 Å². The molecule has 0 bridgehead atoms. The first-order valence-electron chi connectivity index (χ1n) is 7.16. The minimum absolute atomic E-state index is 0.159. The number of nitrogens with zero attached hydrogens (tertiary/aromatic N) is 1. The minimum atomic E-state index is -0.428. The largest absolute Gasteiger partial charge is 0.333 e. The molecule has 0 atom stereocenters. The molecule has 0 spiro atoms. The van der Waals surface area contributed by atoms with Crippen LogP contribution in [-0.4, -0.2) is 21.6 Å². The van der Waals surface area contributed by atoms with Crippen LogP contribution in [-0.2, 0) is 4.79 Å². The Kier molecular flexibility index (Phi) is 4.34. The van der Waals surface area contributed by atoms with E-state index in [0.717, 1.165) is 22.2 Å². The standard InChI is InChI=1S/C17H16FN3OS/c1-10-3-5-13(12(18)7-10)19-16(22)9-23-17-20-14-6-4-11(2)8-15(14)21-17/h3-8H,9H2,1-2H3,(H,19,22)(H,20,21). The number of benzene rings is 2. The van der Waals surface area contributed by atoms with Crippen LogP contribution in [0.2, 0.25) is 0 Å². The van der Waals surface area contributed by atoms with Crippen molar-refractivity contribution in [1.29, 1.82) is 0 Å². The molecule has 118 valence electrons. The lowest BCUT2D eigenvalue weighted by molar-refractivity contribution is -0.113. The maximum absolute atomic E-state index is 13.7. The van der Waals surface area contributed by atoms with Gasteiger partial charge in [0, 0.05) is 0 Å². The molecule has 2 aromatic carbocycles. The summed E-state index contributed by atoms with van der Waals surface area (Å²) in [6, 6.07) is 10.7. The normalized spacial score (nSPS) is 10.9. The molecule has 1 amide bonds. The molecule has 6 heteroatoms. The average molecular weight is 329 g/mol. The van der Waals surface area contributed by atoms with Gasteiger partial charge in [-0.1, -0.05) is 23.9 Å². The van der Waals surface area contributed by atoms with Gasteiger partial charge >= 0.3 is 0 Å². The number of H-pyrrole nitrogens is 1. The van der Waals surface area contributed by atoms with E-state index in [1.807, 2.05) is 25.1 Å². The predicted octanol–water partition coefficient (Wildman–Crippen LogP) is 4.05. The molecule has 23 heavy (non-hydrogen) atoms. The van der Waals surface area contributed by atoms with Crippen LogP contribution in [0, 0.1) is 19.7 Å². The van der Waals surface area contributed by atoms with Gasteiger partial charge in [0.05, 0.1) is 22.5 Å². The topological polar surface area (TPSA) is 57.8 Å². The zero-order valence-electron chi connectivity index (χ0n) is 12.8. The lowest BCUT2D eigenvalue weighted by Crippen LogP contribution is -2.15. The van der Waals surface area contributed by atoms with Crippen molar-refractivity contribution in [3.05, 3.63) is 53.3 Å². The smallest absolute Gasteiger partial charge is 0.234 e. The first kappa shape index (κ1) is 15.6. The lowest BCUT2D eigenvalue weighted by Gasteiger charge is -2.06. The SMILES string of the molecule is Cc1ccc(NC(=O)CSc2nc3ccc(C)cc3[nH]2)c(F)c1. The maximum atomic E-state index is 13.7. The molecular formula is C17H16FN3OS. The summed E-state index contributed by atoms with van der Waals surface area (Å²) in [5.41, 5.74) is 3.96. The molecular weight excluding hydrogens is 313 g/mol. The van der Waals surface area contributed by atoms with E-state index in [4.69, 9.17) is 0 Å². The molecule has 0 radical (unpaired) electrons. The summed E-state index contributed by atoms with van der Waals surface area (Å²) in [6.45, 7) is 3.81. The first-order valence-corrected chi connectivity index (χ1v) is 8.15. The lowest BCUT2D eigenvalue weighted by atomic mass is 10.2. The minimum Gasteiger partial charge on any atom is -0.333 e. The molecule has 4 nitrogen and oxygen atoms in total. The van der Waals surface area contributed by atoms with Crippen LogP contribution < -0.4 is 5.32 Å². The number of thioether (sulfide) groups is 1. The molecule has 0 saturated heterocycles. The zero-order valence-corrected chi connectivity index (χ0v) is 13.6. The third-order valence-electron chi connectivity index (χ3n) is 3.35. The van der Waals surface area contributed by atoms with E-state index in [2.05, 4.69) is 15.3 Å². The summed E-state index contributed by atoms with van der Waals surface area (Å²) in [7, 11) is 0. The van der Waals surface area contributed by atoms with Crippen molar-refractivity contribution >= 4 is 34.4 Å². The van der Waals surface area contributed by atoms with Crippen LogP contribution >= 0.6 is 11.8 Å². The fraction of sp³-hybridized carbons (Fsp3) is 0.176. The highest BCUT2D eigenvalue weighted by Crippen LogP contribution is 2.21. The van der Waals surface area contributed by atoms with E-state index in [-0.39, 0.29) is 17.3 Å². The van der Waals surface area contributed by atoms with Crippen molar-refractivity contribution < 1.29 is 9.18 Å². The van der Waals surface area contributed by atoms with Crippen molar-refractivity contribution in [2.24, 2.45) is 0 Å². The molecule has 1 heterocycles. The molecule has 0 aliphatic heterocycles. The highest BCUT2D eigenvalue weighted by Gasteiger charge is 2.10. The number of aromatic nitrogens is 2. The van der Waals surface area contributed by atoms with Gasteiger partial charge in [-0.25, -0.2) is 9.37 Å². The van der Waals surface area contributed by atoms with Gasteiger partial charge in [0.1, 0.15) is 5.82 Å². The third-order valence-corrected chi connectivity index (χ3v) is 4.23. The number of fused-ring (bicyclic) bond motifs is 1. The number of hydrogen-bond donors (Lipinski definition) is 2. The summed E-state index contributed by atoms with van der Waals surface area (Å²) in [5, 5.41) is 3.25.